The fourth-order valence-corrected chi connectivity index (χ4v) is 1.59. The Labute approximate surface area is 95.7 Å². The van der Waals surface area contributed by atoms with E-state index in [9.17, 15) is 0 Å². The average molecular weight is 212 g/mol. The first kappa shape index (κ1) is 14.7. The highest BCUT2D eigenvalue weighted by Gasteiger charge is 2.05. The number of nitrogens with zero attached hydrogens (tertiary/aromatic N) is 1. The Kier molecular flexibility index (Phi) is 9.96. The van der Waals surface area contributed by atoms with Crippen molar-refractivity contribution in [3.8, 4) is 0 Å². The molecule has 0 saturated heterocycles. The van der Waals surface area contributed by atoms with E-state index in [4.69, 9.17) is 0 Å². The number of rotatable bonds is 10. The van der Waals surface area contributed by atoms with E-state index in [-0.39, 0.29) is 0 Å². The molecule has 0 aliphatic rings. The first-order chi connectivity index (χ1) is 7.22. The van der Waals surface area contributed by atoms with Crippen molar-refractivity contribution in [3.05, 3.63) is 12.7 Å². The maximum Gasteiger partial charge on any atom is 0.0163 e. The van der Waals surface area contributed by atoms with Crippen molar-refractivity contribution in [3.63, 3.8) is 0 Å². The van der Waals surface area contributed by atoms with Crippen molar-refractivity contribution in [1.82, 2.24) is 10.2 Å². The Morgan fingerprint density at radius 1 is 1.27 bits per heavy atom. The molecule has 0 aliphatic heterocycles. The molecule has 0 aromatic heterocycles. The summed E-state index contributed by atoms with van der Waals surface area (Å²) in [5, 5.41) is 3.43. The molecule has 0 bridgehead atoms. The topological polar surface area (TPSA) is 15.3 Å². The van der Waals surface area contributed by atoms with Crippen molar-refractivity contribution < 1.29 is 0 Å². The monoisotopic (exact) mass is 212 g/mol. The van der Waals surface area contributed by atoms with Crippen LogP contribution in [-0.2, 0) is 0 Å². The lowest BCUT2D eigenvalue weighted by Gasteiger charge is -2.24. The van der Waals surface area contributed by atoms with E-state index in [1.807, 2.05) is 6.08 Å². The van der Waals surface area contributed by atoms with E-state index >= 15 is 0 Å². The number of hydrogen-bond acceptors (Lipinski definition) is 2. The van der Waals surface area contributed by atoms with Crippen LogP contribution in [0.25, 0.3) is 0 Å². The first-order valence-electron chi connectivity index (χ1n) is 6.28. The molecule has 90 valence electrons. The van der Waals surface area contributed by atoms with Gasteiger partial charge in [0, 0.05) is 12.6 Å². The van der Waals surface area contributed by atoms with Gasteiger partial charge in [-0.3, -0.25) is 4.90 Å². The minimum Gasteiger partial charge on any atom is -0.317 e. The SMILES string of the molecule is C=CCN(CCCCNCCC)C(C)C. The van der Waals surface area contributed by atoms with Gasteiger partial charge in [0.15, 0.2) is 0 Å². The summed E-state index contributed by atoms with van der Waals surface area (Å²) in [6, 6.07) is 0.631. The van der Waals surface area contributed by atoms with Crippen LogP contribution in [0, 0.1) is 0 Å². The Hall–Kier alpha value is -0.340. The Bertz CT molecular complexity index is 143. The molecule has 0 aliphatic carbocycles. The maximum atomic E-state index is 3.80. The lowest BCUT2D eigenvalue weighted by atomic mass is 10.2. The predicted molar refractivity (Wildman–Crippen MR) is 69.3 cm³/mol. The zero-order valence-corrected chi connectivity index (χ0v) is 10.8. The minimum absolute atomic E-state index is 0.631. The highest BCUT2D eigenvalue weighted by Crippen LogP contribution is 2.01. The van der Waals surface area contributed by atoms with Crippen molar-refractivity contribution >= 4 is 0 Å². The van der Waals surface area contributed by atoms with Gasteiger partial charge in [0.1, 0.15) is 0 Å². The zero-order valence-electron chi connectivity index (χ0n) is 10.8. The molecule has 0 aromatic carbocycles. The molecule has 0 unspecified atom stereocenters. The van der Waals surface area contributed by atoms with Gasteiger partial charge in [-0.05, 0) is 52.7 Å². The lowest BCUT2D eigenvalue weighted by Crippen LogP contribution is -2.32. The quantitative estimate of drug-likeness (QED) is 0.442. The van der Waals surface area contributed by atoms with Gasteiger partial charge in [0.25, 0.3) is 0 Å². The molecule has 0 amide bonds. The third-order valence-electron chi connectivity index (χ3n) is 2.57. The van der Waals surface area contributed by atoms with E-state index < -0.39 is 0 Å². The maximum absolute atomic E-state index is 3.80. The van der Waals surface area contributed by atoms with Gasteiger partial charge in [-0.25, -0.2) is 0 Å². The second-order valence-electron chi connectivity index (χ2n) is 4.33. The summed E-state index contributed by atoms with van der Waals surface area (Å²) in [6.45, 7) is 15.0. The highest BCUT2D eigenvalue weighted by atomic mass is 15.1. The van der Waals surface area contributed by atoms with E-state index in [0.717, 1.165) is 19.6 Å². The van der Waals surface area contributed by atoms with Gasteiger partial charge in [-0.15, -0.1) is 6.58 Å². The summed E-state index contributed by atoms with van der Waals surface area (Å²) in [6.07, 6.45) is 5.78. The molecule has 0 saturated carbocycles. The molecule has 0 aromatic rings. The summed E-state index contributed by atoms with van der Waals surface area (Å²) >= 11 is 0. The molecule has 2 heteroatoms. The molecule has 0 heterocycles. The summed E-state index contributed by atoms with van der Waals surface area (Å²) in [5.41, 5.74) is 0. The van der Waals surface area contributed by atoms with Crippen LogP contribution in [0.2, 0.25) is 0 Å². The second-order valence-corrected chi connectivity index (χ2v) is 4.33. The molecule has 1 N–H and O–H groups in total. The van der Waals surface area contributed by atoms with Crippen molar-refractivity contribution in [2.75, 3.05) is 26.2 Å². The third-order valence-corrected chi connectivity index (χ3v) is 2.57. The molecule has 0 spiro atoms. The van der Waals surface area contributed by atoms with Crippen LogP contribution in [0.4, 0.5) is 0 Å². The van der Waals surface area contributed by atoms with Crippen molar-refractivity contribution in [1.29, 1.82) is 0 Å². The van der Waals surface area contributed by atoms with Gasteiger partial charge < -0.3 is 5.32 Å². The molecular formula is C13H28N2. The van der Waals surface area contributed by atoms with Crippen molar-refractivity contribution in [2.45, 2.75) is 46.1 Å². The van der Waals surface area contributed by atoms with E-state index in [1.54, 1.807) is 0 Å². The highest BCUT2D eigenvalue weighted by molar-refractivity contribution is 4.75. The molecular weight excluding hydrogens is 184 g/mol. The summed E-state index contributed by atoms with van der Waals surface area (Å²) in [7, 11) is 0. The predicted octanol–water partition coefficient (Wildman–Crippen LogP) is 2.66. The smallest absolute Gasteiger partial charge is 0.0163 e. The van der Waals surface area contributed by atoms with E-state index in [0.29, 0.717) is 6.04 Å². The third kappa shape index (κ3) is 8.64. The molecule has 0 fully saturated rings. The lowest BCUT2D eigenvalue weighted by molar-refractivity contribution is 0.241. The van der Waals surface area contributed by atoms with Gasteiger partial charge in [0.2, 0.25) is 0 Å². The molecule has 0 rings (SSSR count). The van der Waals surface area contributed by atoms with Gasteiger partial charge in [-0.1, -0.05) is 13.0 Å². The van der Waals surface area contributed by atoms with Gasteiger partial charge in [-0.2, -0.15) is 0 Å². The number of hydrogen-bond donors (Lipinski definition) is 1. The number of nitrogens with one attached hydrogen (secondary N) is 1. The second kappa shape index (κ2) is 10.2. The molecule has 15 heavy (non-hydrogen) atoms. The molecule has 0 radical (unpaired) electrons. The largest absolute Gasteiger partial charge is 0.317 e. The summed E-state index contributed by atoms with van der Waals surface area (Å²) in [4.78, 5) is 2.47. The Balaban J connectivity index is 3.41. The summed E-state index contributed by atoms with van der Waals surface area (Å²) in [5.74, 6) is 0. The van der Waals surface area contributed by atoms with Crippen molar-refractivity contribution in [2.24, 2.45) is 0 Å². The van der Waals surface area contributed by atoms with Crippen LogP contribution in [0.5, 0.6) is 0 Å². The first-order valence-corrected chi connectivity index (χ1v) is 6.28. The molecule has 2 nitrogen and oxygen atoms in total. The Morgan fingerprint density at radius 2 is 2.00 bits per heavy atom. The minimum atomic E-state index is 0.631. The van der Waals surface area contributed by atoms with Crippen LogP contribution in [0.15, 0.2) is 12.7 Å². The van der Waals surface area contributed by atoms with Crippen LogP contribution in [0.1, 0.15) is 40.0 Å². The van der Waals surface area contributed by atoms with Crippen LogP contribution < -0.4 is 5.32 Å². The fraction of sp³-hybridized carbons (Fsp3) is 0.846. The van der Waals surface area contributed by atoms with E-state index in [1.165, 1.54) is 25.8 Å². The summed E-state index contributed by atoms with van der Waals surface area (Å²) < 4.78 is 0. The van der Waals surface area contributed by atoms with Crippen LogP contribution >= 0.6 is 0 Å². The zero-order chi connectivity index (χ0) is 11.5. The van der Waals surface area contributed by atoms with Gasteiger partial charge in [0.05, 0.1) is 0 Å². The van der Waals surface area contributed by atoms with Gasteiger partial charge >= 0.3 is 0 Å². The number of unbranched alkanes of at least 4 members (excludes halogenated alkanes) is 1. The van der Waals surface area contributed by atoms with Crippen LogP contribution in [0.3, 0.4) is 0 Å². The van der Waals surface area contributed by atoms with Crippen LogP contribution in [-0.4, -0.2) is 37.1 Å². The Morgan fingerprint density at radius 3 is 2.53 bits per heavy atom. The van der Waals surface area contributed by atoms with E-state index in [2.05, 4.69) is 37.6 Å². The average Bonchev–Trinajstić information content (AvgIpc) is 2.21. The molecule has 0 atom stereocenters. The normalized spacial score (nSPS) is 11.3. The standard InChI is InChI=1S/C13H28N2/c1-5-9-14-10-7-8-12-15(11-6-2)13(3)4/h6,13-14H,2,5,7-12H2,1,3-4H3. The fourth-order valence-electron chi connectivity index (χ4n) is 1.59.